The molecule has 2 aliphatic rings. The quantitative estimate of drug-likeness (QED) is 0.386. The number of hydrogen-bond donors (Lipinski definition) is 1. The van der Waals surface area contributed by atoms with Crippen LogP contribution in [0.5, 0.6) is 0 Å². The van der Waals surface area contributed by atoms with Crippen molar-refractivity contribution in [1.82, 2.24) is 0 Å². The second-order valence-electron chi connectivity index (χ2n) is 7.26. The van der Waals surface area contributed by atoms with Crippen molar-refractivity contribution in [2.24, 2.45) is 5.92 Å². The van der Waals surface area contributed by atoms with E-state index in [4.69, 9.17) is 21.1 Å². The third kappa shape index (κ3) is 5.17. The Labute approximate surface area is 176 Å². The van der Waals surface area contributed by atoms with Gasteiger partial charge in [-0.1, -0.05) is 49.6 Å². The van der Waals surface area contributed by atoms with Crippen LogP contribution in [0.4, 0.5) is 0 Å². The number of ether oxygens (including phenoxy) is 2. The van der Waals surface area contributed by atoms with Gasteiger partial charge in [0.1, 0.15) is 5.76 Å². The van der Waals surface area contributed by atoms with Gasteiger partial charge in [-0.2, -0.15) is 0 Å². The van der Waals surface area contributed by atoms with E-state index in [1.165, 1.54) is 13.2 Å². The Morgan fingerprint density at radius 2 is 2.10 bits per heavy atom. The number of fused-ring (bicyclic) bond motifs is 1. The third-order valence-electron chi connectivity index (χ3n) is 4.83. The minimum absolute atomic E-state index is 0.0903. The van der Waals surface area contributed by atoms with Gasteiger partial charge in [-0.05, 0) is 38.8 Å². The molecule has 1 aliphatic heterocycles. The highest BCUT2D eigenvalue weighted by Crippen LogP contribution is 2.42. The molecule has 2 rings (SSSR count). The number of rotatable bonds is 6. The molecule has 0 fully saturated rings. The smallest absolute Gasteiger partial charge is 0.331 e. The molecule has 29 heavy (non-hydrogen) atoms. The molecule has 6 heteroatoms. The molecule has 0 saturated carbocycles. The minimum atomic E-state index is -1.96. The largest absolute Gasteiger partial charge is 0.464 e. The van der Waals surface area contributed by atoms with Crippen LogP contribution in [-0.2, 0) is 19.1 Å². The third-order valence-corrected chi connectivity index (χ3v) is 5.21. The van der Waals surface area contributed by atoms with Gasteiger partial charge in [0.2, 0.25) is 5.78 Å². The van der Waals surface area contributed by atoms with Gasteiger partial charge in [-0.15, -0.1) is 0 Å². The highest BCUT2D eigenvalue weighted by atomic mass is 35.5. The van der Waals surface area contributed by atoms with Gasteiger partial charge >= 0.3 is 5.97 Å². The summed E-state index contributed by atoms with van der Waals surface area (Å²) in [5.74, 6) is -0.382. The van der Waals surface area contributed by atoms with E-state index in [0.717, 1.165) is 18.1 Å². The maximum atomic E-state index is 12.6. The standard InChI is InChI=1S/C23H27ClO5/c1-6-14(3)10-15(4)8-9-16-11-17-18(13-29-16)19(12-20(25)28-7-2)23(5,27)22(26)21(17)24/h8-14,27H,6-7H2,1-5H3/b9-8+,15-10+,19-12-/t14?,23-/m1/s1. The number of Topliss-reactive ketones (excluding diaryl/α,β-unsaturated/α-hetero) is 1. The highest BCUT2D eigenvalue weighted by Gasteiger charge is 2.45. The summed E-state index contributed by atoms with van der Waals surface area (Å²) in [6.07, 6.45) is 11.0. The monoisotopic (exact) mass is 418 g/mol. The van der Waals surface area contributed by atoms with Crippen molar-refractivity contribution < 1.29 is 24.2 Å². The first-order valence-corrected chi connectivity index (χ1v) is 10.0. The summed E-state index contributed by atoms with van der Waals surface area (Å²) >= 11 is 6.25. The summed E-state index contributed by atoms with van der Waals surface area (Å²) in [5, 5.41) is 10.6. The molecular formula is C23H27ClO5. The average molecular weight is 419 g/mol. The maximum Gasteiger partial charge on any atom is 0.331 e. The zero-order chi connectivity index (χ0) is 21.8. The summed E-state index contributed by atoms with van der Waals surface area (Å²) in [6, 6.07) is 0. The van der Waals surface area contributed by atoms with Gasteiger partial charge < -0.3 is 14.6 Å². The molecule has 0 aromatic rings. The summed E-state index contributed by atoms with van der Waals surface area (Å²) in [4.78, 5) is 24.6. The zero-order valence-corrected chi connectivity index (χ0v) is 18.2. The van der Waals surface area contributed by atoms with Crippen LogP contribution < -0.4 is 0 Å². The summed E-state index contributed by atoms with van der Waals surface area (Å²) in [5.41, 5.74) is -0.0131. The molecule has 5 nitrogen and oxygen atoms in total. The molecule has 0 aromatic heterocycles. The van der Waals surface area contributed by atoms with Gasteiger partial charge in [0.25, 0.3) is 0 Å². The molecule has 0 radical (unpaired) electrons. The number of carbonyl (C=O) groups is 2. The Kier molecular flexibility index (Phi) is 7.44. The van der Waals surface area contributed by atoms with Gasteiger partial charge in [0, 0.05) is 22.8 Å². The first-order chi connectivity index (χ1) is 13.6. The molecular weight excluding hydrogens is 392 g/mol. The molecule has 0 aromatic carbocycles. The number of carbonyl (C=O) groups excluding carboxylic acids is 2. The van der Waals surface area contributed by atoms with Crippen molar-refractivity contribution in [3.05, 3.63) is 69.7 Å². The van der Waals surface area contributed by atoms with Gasteiger partial charge in [-0.3, -0.25) is 4.79 Å². The van der Waals surface area contributed by atoms with Crippen molar-refractivity contribution in [2.75, 3.05) is 6.61 Å². The zero-order valence-electron chi connectivity index (χ0n) is 17.4. The fraction of sp³-hybridized carbons (Fsp3) is 0.391. The van der Waals surface area contributed by atoms with Crippen molar-refractivity contribution in [2.45, 2.75) is 46.6 Å². The summed E-state index contributed by atoms with van der Waals surface area (Å²) < 4.78 is 10.6. The fourth-order valence-corrected chi connectivity index (χ4v) is 3.34. The molecule has 1 aliphatic carbocycles. The van der Waals surface area contributed by atoms with E-state index in [2.05, 4.69) is 19.9 Å². The molecule has 2 atom stereocenters. The lowest BCUT2D eigenvalue weighted by atomic mass is 9.77. The molecule has 0 saturated heterocycles. The topological polar surface area (TPSA) is 72.8 Å². The van der Waals surface area contributed by atoms with Crippen LogP contribution in [0.1, 0.15) is 41.0 Å². The molecule has 0 bridgehead atoms. The lowest BCUT2D eigenvalue weighted by Gasteiger charge is -2.33. The Hall–Kier alpha value is -2.37. The van der Waals surface area contributed by atoms with E-state index in [1.54, 1.807) is 19.1 Å². The number of halogens is 1. The predicted octanol–water partition coefficient (Wildman–Crippen LogP) is 4.65. The molecule has 1 N–H and O–H groups in total. The maximum absolute atomic E-state index is 12.6. The van der Waals surface area contributed by atoms with Gasteiger partial charge in [0.15, 0.2) is 5.60 Å². The molecule has 0 amide bonds. The lowest BCUT2D eigenvalue weighted by molar-refractivity contribution is -0.137. The normalized spacial score (nSPS) is 24.9. The van der Waals surface area contributed by atoms with Crippen LogP contribution in [0.2, 0.25) is 0 Å². The second kappa shape index (κ2) is 9.42. The predicted molar refractivity (Wildman–Crippen MR) is 113 cm³/mol. The fourth-order valence-electron chi connectivity index (χ4n) is 3.00. The molecule has 0 spiro atoms. The van der Waals surface area contributed by atoms with Crippen LogP contribution in [0.25, 0.3) is 0 Å². The molecule has 1 heterocycles. The van der Waals surface area contributed by atoms with Crippen LogP contribution in [0.15, 0.2) is 69.7 Å². The average Bonchev–Trinajstić information content (AvgIpc) is 2.68. The minimum Gasteiger partial charge on any atom is -0.464 e. The second-order valence-corrected chi connectivity index (χ2v) is 7.64. The van der Waals surface area contributed by atoms with Crippen molar-refractivity contribution >= 4 is 23.4 Å². The number of esters is 1. The van der Waals surface area contributed by atoms with E-state index >= 15 is 0 Å². The van der Waals surface area contributed by atoms with E-state index < -0.39 is 17.4 Å². The van der Waals surface area contributed by atoms with Crippen LogP contribution in [0.3, 0.4) is 0 Å². The summed E-state index contributed by atoms with van der Waals surface area (Å²) in [6.45, 7) is 9.41. The summed E-state index contributed by atoms with van der Waals surface area (Å²) in [7, 11) is 0. The number of ketones is 1. The SMILES string of the molecule is CCOC(=O)/C=C1/C2=COC(/C=C/C(C)=C/C(C)CC)=CC2=C(Cl)C(=O)[C@]1(C)O. The van der Waals surface area contributed by atoms with E-state index in [9.17, 15) is 14.7 Å². The number of allylic oxidation sites excluding steroid dienone is 6. The Morgan fingerprint density at radius 3 is 2.72 bits per heavy atom. The van der Waals surface area contributed by atoms with Crippen LogP contribution >= 0.6 is 11.6 Å². The first kappa shape index (κ1) is 22.9. The van der Waals surface area contributed by atoms with Crippen LogP contribution in [-0.4, -0.2) is 29.1 Å². The molecule has 156 valence electrons. The van der Waals surface area contributed by atoms with Crippen molar-refractivity contribution in [3.63, 3.8) is 0 Å². The molecule has 1 unspecified atom stereocenters. The van der Waals surface area contributed by atoms with Gasteiger partial charge in [0.05, 0.1) is 17.9 Å². The van der Waals surface area contributed by atoms with Gasteiger partial charge in [-0.25, -0.2) is 4.79 Å². The Bertz CT molecular complexity index is 881. The number of aliphatic hydroxyl groups is 1. The van der Waals surface area contributed by atoms with E-state index in [-0.39, 0.29) is 17.2 Å². The highest BCUT2D eigenvalue weighted by molar-refractivity contribution is 6.45. The Balaban J connectivity index is 2.42. The van der Waals surface area contributed by atoms with Crippen molar-refractivity contribution in [3.8, 4) is 0 Å². The van der Waals surface area contributed by atoms with E-state index in [0.29, 0.717) is 22.8 Å². The number of hydrogen-bond acceptors (Lipinski definition) is 5. The Morgan fingerprint density at radius 1 is 1.41 bits per heavy atom. The van der Waals surface area contributed by atoms with Crippen LogP contribution in [0, 0.1) is 5.92 Å². The first-order valence-electron chi connectivity index (χ1n) is 9.63. The van der Waals surface area contributed by atoms with E-state index in [1.807, 2.05) is 13.0 Å². The van der Waals surface area contributed by atoms with Crippen molar-refractivity contribution in [1.29, 1.82) is 0 Å². The lowest BCUT2D eigenvalue weighted by Crippen LogP contribution is -2.42.